The minimum atomic E-state index is -0.422. The lowest BCUT2D eigenvalue weighted by atomic mass is 9.79. The molecule has 0 bridgehead atoms. The van der Waals surface area contributed by atoms with Gasteiger partial charge >= 0.3 is 0 Å². The van der Waals surface area contributed by atoms with Gasteiger partial charge in [0, 0.05) is 6.42 Å². The number of aliphatic hydroxyl groups is 2. The Hall–Kier alpha value is -0.780. The summed E-state index contributed by atoms with van der Waals surface area (Å²) < 4.78 is 0. The topological polar surface area (TPSA) is 40.5 Å². The maximum Gasteiger partial charge on any atom is 0.0755 e. The van der Waals surface area contributed by atoms with Crippen molar-refractivity contribution in [3.63, 3.8) is 0 Å². The zero-order chi connectivity index (χ0) is 13.9. The molecule has 2 saturated carbocycles. The molecule has 2 aliphatic carbocycles. The van der Waals surface area contributed by atoms with Crippen molar-refractivity contribution in [3.8, 4) is 11.8 Å². The summed E-state index contributed by atoms with van der Waals surface area (Å²) in [6.45, 7) is 3.86. The molecule has 19 heavy (non-hydrogen) atoms. The van der Waals surface area contributed by atoms with E-state index < -0.39 is 6.10 Å². The van der Waals surface area contributed by atoms with Gasteiger partial charge in [0.1, 0.15) is 0 Å². The van der Waals surface area contributed by atoms with E-state index in [1.807, 2.05) is 19.9 Å². The molecule has 0 saturated heterocycles. The molecule has 2 aliphatic rings. The first-order chi connectivity index (χ1) is 9.07. The number of hydrogen-bond donors (Lipinski definition) is 2. The van der Waals surface area contributed by atoms with E-state index >= 15 is 0 Å². The van der Waals surface area contributed by atoms with Crippen LogP contribution in [0.3, 0.4) is 0 Å². The second-order valence-corrected chi connectivity index (χ2v) is 6.37. The van der Waals surface area contributed by atoms with Crippen LogP contribution in [0.15, 0.2) is 12.2 Å². The van der Waals surface area contributed by atoms with Crippen LogP contribution in [0.4, 0.5) is 0 Å². The highest BCUT2D eigenvalue weighted by molar-refractivity contribution is 5.13. The van der Waals surface area contributed by atoms with Crippen LogP contribution in [-0.4, -0.2) is 22.4 Å². The van der Waals surface area contributed by atoms with Crippen molar-refractivity contribution in [1.82, 2.24) is 0 Å². The molecule has 0 amide bonds. The van der Waals surface area contributed by atoms with Gasteiger partial charge in [-0.15, -0.1) is 11.8 Å². The molecular formula is C17H26O2. The van der Waals surface area contributed by atoms with Gasteiger partial charge in [-0.3, -0.25) is 0 Å². The molecule has 0 aliphatic heterocycles. The fraction of sp³-hybridized carbons (Fsp3) is 0.765. The highest BCUT2D eigenvalue weighted by Gasteiger charge is 2.47. The zero-order valence-corrected chi connectivity index (χ0v) is 12.1. The Labute approximate surface area is 116 Å². The van der Waals surface area contributed by atoms with E-state index in [2.05, 4.69) is 17.9 Å². The molecule has 4 unspecified atom stereocenters. The number of aliphatic hydroxyl groups excluding tert-OH is 2. The van der Waals surface area contributed by atoms with Gasteiger partial charge in [-0.2, -0.15) is 0 Å². The molecule has 0 aromatic rings. The van der Waals surface area contributed by atoms with Gasteiger partial charge in [0.15, 0.2) is 0 Å². The van der Waals surface area contributed by atoms with Crippen LogP contribution in [0.2, 0.25) is 0 Å². The average Bonchev–Trinajstić information content (AvgIpc) is 2.88. The Morgan fingerprint density at radius 2 is 2.26 bits per heavy atom. The van der Waals surface area contributed by atoms with Crippen LogP contribution < -0.4 is 0 Å². The van der Waals surface area contributed by atoms with Crippen molar-refractivity contribution in [2.45, 2.75) is 64.6 Å². The van der Waals surface area contributed by atoms with E-state index in [1.165, 1.54) is 19.3 Å². The van der Waals surface area contributed by atoms with Crippen molar-refractivity contribution >= 4 is 0 Å². The fourth-order valence-electron chi connectivity index (χ4n) is 3.79. The first kappa shape index (κ1) is 14.6. The molecule has 2 N–H and O–H groups in total. The lowest BCUT2D eigenvalue weighted by Crippen LogP contribution is -2.20. The molecule has 0 aromatic heterocycles. The first-order valence-corrected chi connectivity index (χ1v) is 7.52. The first-order valence-electron chi connectivity index (χ1n) is 7.52. The molecular weight excluding hydrogens is 236 g/mol. The van der Waals surface area contributed by atoms with Gasteiger partial charge in [0.05, 0.1) is 12.2 Å². The Morgan fingerprint density at radius 3 is 3.00 bits per heavy atom. The van der Waals surface area contributed by atoms with Gasteiger partial charge in [0.25, 0.3) is 0 Å². The van der Waals surface area contributed by atoms with Crippen molar-refractivity contribution in [3.05, 3.63) is 12.2 Å². The summed E-state index contributed by atoms with van der Waals surface area (Å²) in [5, 5.41) is 20.0. The molecule has 0 radical (unpaired) electrons. The summed E-state index contributed by atoms with van der Waals surface area (Å²) in [7, 11) is 0. The predicted octanol–water partition coefficient (Wildman–Crippen LogP) is 2.89. The number of allylic oxidation sites excluding steroid dienone is 1. The van der Waals surface area contributed by atoms with Crippen LogP contribution in [0.5, 0.6) is 0 Å². The lowest BCUT2D eigenvalue weighted by Gasteiger charge is -2.26. The average molecular weight is 262 g/mol. The largest absolute Gasteiger partial charge is 0.393 e. The number of hydrogen-bond acceptors (Lipinski definition) is 2. The lowest BCUT2D eigenvalue weighted by molar-refractivity contribution is 0.158. The highest BCUT2D eigenvalue weighted by atomic mass is 16.3. The SMILES string of the molecule is CC#CCC(C)[C@H](O)/C=C/C12CCCC1CC(O)C2. The Morgan fingerprint density at radius 1 is 1.47 bits per heavy atom. The standard InChI is InChI=1S/C17H26O2/c1-3-4-6-13(2)16(19)8-10-17-9-5-7-14(17)11-15(18)12-17/h8,10,13-16,18-19H,5-7,9,11-12H2,1-2H3/b10-8+/t13?,14?,15?,16-,17?/m1/s1. The number of rotatable bonds is 4. The van der Waals surface area contributed by atoms with Gasteiger partial charge in [-0.05, 0) is 49.9 Å². The third-order valence-electron chi connectivity index (χ3n) is 4.99. The summed E-state index contributed by atoms with van der Waals surface area (Å²) in [4.78, 5) is 0. The van der Waals surface area contributed by atoms with Crippen molar-refractivity contribution in [1.29, 1.82) is 0 Å². The summed E-state index contributed by atoms with van der Waals surface area (Å²) in [5.74, 6) is 6.69. The molecule has 2 heteroatoms. The van der Waals surface area contributed by atoms with Gasteiger partial charge < -0.3 is 10.2 Å². The maximum atomic E-state index is 10.2. The molecule has 2 rings (SSSR count). The van der Waals surface area contributed by atoms with Gasteiger partial charge in [0.2, 0.25) is 0 Å². The summed E-state index contributed by atoms with van der Waals surface area (Å²) in [6, 6.07) is 0. The fourth-order valence-corrected chi connectivity index (χ4v) is 3.79. The monoisotopic (exact) mass is 262 g/mol. The van der Waals surface area contributed by atoms with E-state index in [0.717, 1.165) is 19.3 Å². The minimum Gasteiger partial charge on any atom is -0.393 e. The second kappa shape index (κ2) is 6.11. The molecule has 106 valence electrons. The smallest absolute Gasteiger partial charge is 0.0755 e. The van der Waals surface area contributed by atoms with Crippen LogP contribution in [0, 0.1) is 29.1 Å². The van der Waals surface area contributed by atoms with E-state index in [-0.39, 0.29) is 17.4 Å². The molecule has 5 atom stereocenters. The highest BCUT2D eigenvalue weighted by Crippen LogP contribution is 2.55. The molecule has 0 aromatic carbocycles. The van der Waals surface area contributed by atoms with Crippen LogP contribution in [0.25, 0.3) is 0 Å². The summed E-state index contributed by atoms with van der Waals surface area (Å²) in [6.07, 6.45) is 9.82. The third kappa shape index (κ3) is 3.22. The molecule has 0 spiro atoms. The van der Waals surface area contributed by atoms with Gasteiger partial charge in [-0.1, -0.05) is 25.5 Å². The zero-order valence-electron chi connectivity index (χ0n) is 12.1. The number of fused-ring (bicyclic) bond motifs is 1. The van der Waals surface area contributed by atoms with E-state index in [4.69, 9.17) is 0 Å². The van der Waals surface area contributed by atoms with Crippen molar-refractivity contribution in [2.24, 2.45) is 17.3 Å². The molecule has 0 heterocycles. The van der Waals surface area contributed by atoms with E-state index in [0.29, 0.717) is 5.92 Å². The summed E-state index contributed by atoms with van der Waals surface area (Å²) >= 11 is 0. The molecule has 2 fully saturated rings. The second-order valence-electron chi connectivity index (χ2n) is 6.37. The maximum absolute atomic E-state index is 10.2. The normalized spacial score (nSPS) is 36.8. The Balaban J connectivity index is 1.98. The quantitative estimate of drug-likeness (QED) is 0.604. The van der Waals surface area contributed by atoms with Crippen molar-refractivity contribution < 1.29 is 10.2 Å². The third-order valence-corrected chi connectivity index (χ3v) is 4.99. The Kier molecular flexibility index (Phi) is 4.71. The minimum absolute atomic E-state index is 0.143. The van der Waals surface area contributed by atoms with E-state index in [1.54, 1.807) is 0 Å². The van der Waals surface area contributed by atoms with Crippen molar-refractivity contribution in [2.75, 3.05) is 0 Å². The van der Waals surface area contributed by atoms with Gasteiger partial charge in [-0.25, -0.2) is 0 Å². The van der Waals surface area contributed by atoms with Crippen LogP contribution in [0.1, 0.15) is 52.4 Å². The van der Waals surface area contributed by atoms with E-state index in [9.17, 15) is 10.2 Å². The summed E-state index contributed by atoms with van der Waals surface area (Å²) in [5.41, 5.74) is 0.163. The predicted molar refractivity (Wildman–Crippen MR) is 77.4 cm³/mol. The Bertz CT molecular complexity index is 390. The molecule has 2 nitrogen and oxygen atoms in total. The van der Waals surface area contributed by atoms with Crippen LogP contribution >= 0.6 is 0 Å². The van der Waals surface area contributed by atoms with Crippen LogP contribution in [-0.2, 0) is 0 Å².